The molecule has 0 bridgehead atoms. The number of ether oxygens (including phenoxy) is 1. The van der Waals surface area contributed by atoms with Crippen molar-refractivity contribution in [3.05, 3.63) is 11.7 Å². The van der Waals surface area contributed by atoms with Crippen molar-refractivity contribution in [1.29, 1.82) is 0 Å². The third-order valence-electron chi connectivity index (χ3n) is 4.17. The van der Waals surface area contributed by atoms with Gasteiger partial charge < -0.3 is 15.0 Å². The quantitative estimate of drug-likeness (QED) is 0.836. The molecule has 0 saturated heterocycles. The maximum Gasteiger partial charge on any atom is 0.228 e. The van der Waals surface area contributed by atoms with Gasteiger partial charge >= 0.3 is 0 Å². The molecule has 21 heavy (non-hydrogen) atoms. The molecular weight excluding hydrogens is 266 g/mol. The van der Waals surface area contributed by atoms with E-state index in [-0.39, 0.29) is 11.6 Å². The van der Waals surface area contributed by atoms with Crippen LogP contribution in [0.3, 0.4) is 0 Å². The van der Waals surface area contributed by atoms with Gasteiger partial charge in [-0.3, -0.25) is 0 Å². The minimum atomic E-state index is -0.336. The first kappa shape index (κ1) is 16.4. The maximum atomic E-state index is 6.13. The lowest BCUT2D eigenvalue weighted by Gasteiger charge is -2.33. The number of rotatable bonds is 7. The second-order valence-corrected chi connectivity index (χ2v) is 6.59. The molecule has 1 aliphatic carbocycles. The van der Waals surface area contributed by atoms with Crippen LogP contribution in [0, 0.1) is 5.92 Å². The molecule has 0 aliphatic heterocycles. The van der Waals surface area contributed by atoms with Crippen LogP contribution in [0.25, 0.3) is 0 Å². The summed E-state index contributed by atoms with van der Waals surface area (Å²) in [7, 11) is 0. The van der Waals surface area contributed by atoms with Crippen LogP contribution in [-0.4, -0.2) is 22.8 Å². The van der Waals surface area contributed by atoms with Crippen LogP contribution in [0.15, 0.2) is 4.52 Å². The van der Waals surface area contributed by atoms with Crippen LogP contribution in [0.1, 0.15) is 71.0 Å². The zero-order chi connectivity index (χ0) is 15.3. The summed E-state index contributed by atoms with van der Waals surface area (Å²) in [6.07, 6.45) is 7.17. The van der Waals surface area contributed by atoms with E-state index in [4.69, 9.17) is 15.0 Å². The summed E-state index contributed by atoms with van der Waals surface area (Å²) in [5, 5.41) is 4.20. The Bertz CT molecular complexity index is 419. The first-order valence-electron chi connectivity index (χ1n) is 8.28. The minimum Gasteiger partial charge on any atom is -0.367 e. The smallest absolute Gasteiger partial charge is 0.228 e. The van der Waals surface area contributed by atoms with Gasteiger partial charge in [-0.15, -0.1) is 0 Å². The van der Waals surface area contributed by atoms with Gasteiger partial charge in [0.1, 0.15) is 5.60 Å². The van der Waals surface area contributed by atoms with Crippen LogP contribution >= 0.6 is 0 Å². The molecule has 1 saturated carbocycles. The fourth-order valence-corrected chi connectivity index (χ4v) is 3.27. The lowest BCUT2D eigenvalue weighted by Crippen LogP contribution is -2.33. The molecule has 1 aromatic heterocycles. The van der Waals surface area contributed by atoms with E-state index in [0.29, 0.717) is 24.8 Å². The fourth-order valence-electron chi connectivity index (χ4n) is 3.27. The first-order chi connectivity index (χ1) is 10.1. The van der Waals surface area contributed by atoms with E-state index in [0.717, 1.165) is 37.9 Å². The minimum absolute atomic E-state index is 0.0766. The average molecular weight is 295 g/mol. The molecule has 1 unspecified atom stereocenters. The molecule has 5 heteroatoms. The normalized spacial score (nSPS) is 19.9. The van der Waals surface area contributed by atoms with Crippen LogP contribution in [0.4, 0.5) is 0 Å². The highest BCUT2D eigenvalue weighted by molar-refractivity contribution is 5.04. The molecule has 0 aromatic carbocycles. The Morgan fingerprint density at radius 2 is 2.00 bits per heavy atom. The van der Waals surface area contributed by atoms with Crippen molar-refractivity contribution in [3.63, 3.8) is 0 Å². The molecule has 5 nitrogen and oxygen atoms in total. The van der Waals surface area contributed by atoms with E-state index >= 15 is 0 Å². The van der Waals surface area contributed by atoms with Crippen LogP contribution in [0.2, 0.25) is 0 Å². The molecule has 0 radical (unpaired) electrons. The molecule has 120 valence electrons. The Morgan fingerprint density at radius 3 is 2.62 bits per heavy atom. The largest absolute Gasteiger partial charge is 0.367 e. The molecule has 1 atom stereocenters. The summed E-state index contributed by atoms with van der Waals surface area (Å²) < 4.78 is 11.4. The van der Waals surface area contributed by atoms with E-state index in [1.54, 1.807) is 0 Å². The summed E-state index contributed by atoms with van der Waals surface area (Å²) in [5.41, 5.74) is 5.79. The second kappa shape index (κ2) is 7.36. The molecule has 1 fully saturated rings. The van der Waals surface area contributed by atoms with Crippen molar-refractivity contribution < 1.29 is 9.26 Å². The maximum absolute atomic E-state index is 6.13. The van der Waals surface area contributed by atoms with Gasteiger partial charge in [-0.2, -0.15) is 4.98 Å². The lowest BCUT2D eigenvalue weighted by molar-refractivity contribution is -0.0777. The molecule has 1 aliphatic rings. The lowest BCUT2D eigenvalue weighted by atomic mass is 9.84. The van der Waals surface area contributed by atoms with Crippen LogP contribution in [-0.2, 0) is 16.8 Å². The standard InChI is InChI=1S/C16H29N3O2/c1-4-20-16(8-6-5-7-9-16)15-18-14(21-19-15)11-13(17)10-12(2)3/h12-13H,4-11,17H2,1-3H3. The predicted molar refractivity (Wildman–Crippen MR) is 81.8 cm³/mol. The van der Waals surface area contributed by atoms with E-state index in [9.17, 15) is 0 Å². The average Bonchev–Trinajstić information content (AvgIpc) is 2.88. The third kappa shape index (κ3) is 4.27. The summed E-state index contributed by atoms with van der Waals surface area (Å²) >= 11 is 0. The van der Waals surface area contributed by atoms with Crippen LogP contribution in [0.5, 0.6) is 0 Å². The highest BCUT2D eigenvalue weighted by Gasteiger charge is 2.39. The van der Waals surface area contributed by atoms with Gasteiger partial charge in [0.05, 0.1) is 0 Å². The van der Waals surface area contributed by atoms with Gasteiger partial charge in [0.25, 0.3) is 0 Å². The zero-order valence-electron chi connectivity index (χ0n) is 13.6. The number of nitrogens with zero attached hydrogens (tertiary/aromatic N) is 2. The van der Waals surface area contributed by atoms with Crippen molar-refractivity contribution in [2.24, 2.45) is 11.7 Å². The Balaban J connectivity index is 2.06. The molecule has 0 spiro atoms. The number of hydrogen-bond acceptors (Lipinski definition) is 5. The topological polar surface area (TPSA) is 74.2 Å². The Morgan fingerprint density at radius 1 is 1.29 bits per heavy atom. The molecular formula is C16H29N3O2. The monoisotopic (exact) mass is 295 g/mol. The van der Waals surface area contributed by atoms with Gasteiger partial charge in [-0.25, -0.2) is 0 Å². The summed E-state index contributed by atoms with van der Waals surface area (Å²) in [5.74, 6) is 1.94. The summed E-state index contributed by atoms with van der Waals surface area (Å²) in [6, 6.07) is 0.0766. The van der Waals surface area contributed by atoms with Gasteiger partial charge in [0, 0.05) is 19.1 Å². The molecule has 0 amide bonds. The van der Waals surface area contributed by atoms with Crippen molar-refractivity contribution in [3.8, 4) is 0 Å². The van der Waals surface area contributed by atoms with Crippen molar-refractivity contribution >= 4 is 0 Å². The third-order valence-corrected chi connectivity index (χ3v) is 4.17. The van der Waals surface area contributed by atoms with E-state index < -0.39 is 0 Å². The van der Waals surface area contributed by atoms with Gasteiger partial charge in [0.15, 0.2) is 0 Å². The first-order valence-corrected chi connectivity index (χ1v) is 8.28. The highest BCUT2D eigenvalue weighted by atomic mass is 16.5. The fraction of sp³-hybridized carbons (Fsp3) is 0.875. The number of hydrogen-bond donors (Lipinski definition) is 1. The zero-order valence-corrected chi connectivity index (χ0v) is 13.6. The van der Waals surface area contributed by atoms with E-state index in [1.165, 1.54) is 6.42 Å². The summed E-state index contributed by atoms with van der Waals surface area (Å²) in [4.78, 5) is 4.59. The van der Waals surface area contributed by atoms with Gasteiger partial charge in [-0.1, -0.05) is 38.3 Å². The van der Waals surface area contributed by atoms with Gasteiger partial charge in [0.2, 0.25) is 11.7 Å². The van der Waals surface area contributed by atoms with Crippen molar-refractivity contribution in [2.75, 3.05) is 6.61 Å². The SMILES string of the molecule is CCOC1(c2noc(CC(N)CC(C)C)n2)CCCCC1. The number of aromatic nitrogens is 2. The summed E-state index contributed by atoms with van der Waals surface area (Å²) in [6.45, 7) is 7.04. The Kier molecular flexibility index (Phi) is 5.76. The van der Waals surface area contributed by atoms with Gasteiger partial charge in [-0.05, 0) is 32.1 Å². The molecule has 2 rings (SSSR count). The van der Waals surface area contributed by atoms with Crippen molar-refractivity contribution in [2.45, 2.75) is 77.4 Å². The van der Waals surface area contributed by atoms with Crippen molar-refractivity contribution in [1.82, 2.24) is 10.1 Å². The van der Waals surface area contributed by atoms with E-state index in [1.807, 2.05) is 6.92 Å². The number of nitrogens with two attached hydrogens (primary N) is 1. The predicted octanol–water partition coefficient (Wildman–Crippen LogP) is 3.18. The Labute approximate surface area is 127 Å². The highest BCUT2D eigenvalue weighted by Crippen LogP contribution is 2.39. The Hall–Kier alpha value is -0.940. The molecule has 1 heterocycles. The van der Waals surface area contributed by atoms with Crippen LogP contribution < -0.4 is 5.73 Å². The second-order valence-electron chi connectivity index (χ2n) is 6.59. The van der Waals surface area contributed by atoms with E-state index in [2.05, 4.69) is 24.0 Å². The molecule has 1 aromatic rings. The molecule has 2 N–H and O–H groups in total.